The molecule has 0 aliphatic heterocycles. The summed E-state index contributed by atoms with van der Waals surface area (Å²) in [5, 5.41) is 10.6. The number of hydrogen-bond acceptors (Lipinski definition) is 4. The standard InChI is InChI=1S/C21H17ClN4OS/c22-18-8-3-2-7-17(18)21-24-16(14-28-21)12-20(27)25-19-9-4-1-6-15(19)13-26-11-5-10-23-26/h1-11,14H,12-13H2,(H,25,27). The van der Waals surface area contributed by atoms with Crippen LogP contribution in [0.5, 0.6) is 0 Å². The van der Waals surface area contributed by atoms with Crippen LogP contribution in [0.25, 0.3) is 10.6 Å². The highest BCUT2D eigenvalue weighted by Gasteiger charge is 2.12. The number of thiazole rings is 1. The van der Waals surface area contributed by atoms with Gasteiger partial charge < -0.3 is 5.32 Å². The number of aromatic nitrogens is 3. The number of benzene rings is 2. The lowest BCUT2D eigenvalue weighted by atomic mass is 10.1. The number of hydrogen-bond donors (Lipinski definition) is 1. The van der Waals surface area contributed by atoms with E-state index < -0.39 is 0 Å². The van der Waals surface area contributed by atoms with Crippen molar-refractivity contribution in [3.8, 4) is 10.6 Å². The minimum Gasteiger partial charge on any atom is -0.325 e. The van der Waals surface area contributed by atoms with Gasteiger partial charge in [-0.1, -0.05) is 48.0 Å². The van der Waals surface area contributed by atoms with E-state index in [1.54, 1.807) is 6.20 Å². The summed E-state index contributed by atoms with van der Waals surface area (Å²) in [4.78, 5) is 17.1. The summed E-state index contributed by atoms with van der Waals surface area (Å²) in [6.45, 7) is 0.594. The van der Waals surface area contributed by atoms with E-state index in [1.807, 2.05) is 70.9 Å². The van der Waals surface area contributed by atoms with Crippen molar-refractivity contribution in [1.29, 1.82) is 0 Å². The molecule has 0 unspecified atom stereocenters. The topological polar surface area (TPSA) is 59.8 Å². The third-order valence-corrected chi connectivity index (χ3v) is 5.43. The molecule has 0 saturated heterocycles. The number of amides is 1. The van der Waals surface area contributed by atoms with E-state index in [0.717, 1.165) is 27.5 Å². The lowest BCUT2D eigenvalue weighted by molar-refractivity contribution is -0.115. The van der Waals surface area contributed by atoms with Crippen LogP contribution >= 0.6 is 22.9 Å². The SMILES string of the molecule is O=C(Cc1csc(-c2ccccc2Cl)n1)Nc1ccccc1Cn1cccn1. The van der Waals surface area contributed by atoms with Gasteiger partial charge in [-0.05, 0) is 23.8 Å². The quantitative estimate of drug-likeness (QED) is 0.494. The number of nitrogens with one attached hydrogen (secondary N) is 1. The zero-order valence-corrected chi connectivity index (χ0v) is 16.5. The molecule has 0 saturated carbocycles. The average Bonchev–Trinajstić information content (AvgIpc) is 3.36. The molecule has 0 bridgehead atoms. The number of nitrogens with zero attached hydrogens (tertiary/aromatic N) is 3. The van der Waals surface area contributed by atoms with Gasteiger partial charge in [0.05, 0.1) is 23.7 Å². The zero-order valence-electron chi connectivity index (χ0n) is 14.9. The highest BCUT2D eigenvalue weighted by Crippen LogP contribution is 2.30. The molecule has 7 heteroatoms. The molecule has 5 nitrogen and oxygen atoms in total. The second kappa shape index (κ2) is 8.37. The fourth-order valence-corrected chi connectivity index (χ4v) is 3.99. The summed E-state index contributed by atoms with van der Waals surface area (Å²) in [6.07, 6.45) is 3.83. The van der Waals surface area contributed by atoms with Crippen LogP contribution in [0.1, 0.15) is 11.3 Å². The molecule has 0 fully saturated rings. The van der Waals surface area contributed by atoms with Gasteiger partial charge in [0.15, 0.2) is 0 Å². The number of carbonyl (C=O) groups excluding carboxylic acids is 1. The van der Waals surface area contributed by atoms with E-state index >= 15 is 0 Å². The van der Waals surface area contributed by atoms with Crippen molar-refractivity contribution in [2.24, 2.45) is 0 Å². The van der Waals surface area contributed by atoms with E-state index in [1.165, 1.54) is 11.3 Å². The Bertz CT molecular complexity index is 1090. The molecule has 2 aromatic carbocycles. The van der Waals surface area contributed by atoms with Crippen molar-refractivity contribution in [2.45, 2.75) is 13.0 Å². The van der Waals surface area contributed by atoms with Gasteiger partial charge >= 0.3 is 0 Å². The smallest absolute Gasteiger partial charge is 0.230 e. The minimum atomic E-state index is -0.107. The lowest BCUT2D eigenvalue weighted by Crippen LogP contribution is -2.16. The summed E-state index contributed by atoms with van der Waals surface area (Å²) >= 11 is 7.72. The van der Waals surface area contributed by atoms with Crippen LogP contribution in [-0.4, -0.2) is 20.7 Å². The second-order valence-corrected chi connectivity index (χ2v) is 7.47. The van der Waals surface area contributed by atoms with Crippen LogP contribution in [-0.2, 0) is 17.8 Å². The second-order valence-electron chi connectivity index (χ2n) is 6.21. The first-order valence-electron chi connectivity index (χ1n) is 8.73. The first-order valence-corrected chi connectivity index (χ1v) is 9.99. The fraction of sp³-hybridized carbons (Fsp3) is 0.0952. The summed E-state index contributed by atoms with van der Waals surface area (Å²) in [5.74, 6) is -0.107. The van der Waals surface area contributed by atoms with Crippen LogP contribution in [0.3, 0.4) is 0 Å². The molecule has 1 amide bonds. The van der Waals surface area contributed by atoms with Gasteiger partial charge in [-0.15, -0.1) is 11.3 Å². The Labute approximate surface area is 171 Å². The third kappa shape index (κ3) is 4.30. The van der Waals surface area contributed by atoms with Crippen molar-refractivity contribution in [3.05, 3.63) is 88.7 Å². The zero-order chi connectivity index (χ0) is 19.3. The number of anilines is 1. The van der Waals surface area contributed by atoms with Crippen molar-refractivity contribution in [1.82, 2.24) is 14.8 Å². The predicted octanol–water partition coefficient (Wildman–Crippen LogP) is 4.89. The summed E-state index contributed by atoms with van der Waals surface area (Å²) in [5.41, 5.74) is 3.38. The minimum absolute atomic E-state index is 0.107. The Morgan fingerprint density at radius 2 is 1.93 bits per heavy atom. The molecule has 140 valence electrons. The first kappa shape index (κ1) is 18.4. The number of halogens is 1. The molecule has 2 aromatic heterocycles. The number of rotatable bonds is 6. The largest absolute Gasteiger partial charge is 0.325 e. The van der Waals surface area contributed by atoms with Gasteiger partial charge in [-0.2, -0.15) is 5.10 Å². The van der Waals surface area contributed by atoms with E-state index in [2.05, 4.69) is 15.4 Å². The Hall–Kier alpha value is -2.96. The van der Waals surface area contributed by atoms with Crippen molar-refractivity contribution >= 4 is 34.5 Å². The van der Waals surface area contributed by atoms with Crippen LogP contribution in [0.4, 0.5) is 5.69 Å². The van der Waals surface area contributed by atoms with Gasteiger partial charge in [0.2, 0.25) is 5.91 Å². The first-order chi connectivity index (χ1) is 13.7. The third-order valence-electron chi connectivity index (χ3n) is 4.18. The van der Waals surface area contributed by atoms with E-state index in [9.17, 15) is 4.79 Å². The summed E-state index contributed by atoms with van der Waals surface area (Å²) in [6, 6.07) is 17.2. The summed E-state index contributed by atoms with van der Waals surface area (Å²) in [7, 11) is 0. The van der Waals surface area contributed by atoms with Crippen LogP contribution in [0.15, 0.2) is 72.4 Å². The highest BCUT2D eigenvalue weighted by atomic mass is 35.5. The Kier molecular flexibility index (Phi) is 5.50. The van der Waals surface area contributed by atoms with Crippen LogP contribution in [0.2, 0.25) is 5.02 Å². The number of carbonyl (C=O) groups is 1. The van der Waals surface area contributed by atoms with Crippen LogP contribution in [0, 0.1) is 0 Å². The normalized spacial score (nSPS) is 10.8. The Morgan fingerprint density at radius 1 is 1.11 bits per heavy atom. The maximum atomic E-state index is 12.6. The maximum Gasteiger partial charge on any atom is 0.230 e. The van der Waals surface area contributed by atoms with E-state index in [0.29, 0.717) is 11.6 Å². The van der Waals surface area contributed by atoms with Gasteiger partial charge in [-0.25, -0.2) is 4.98 Å². The lowest BCUT2D eigenvalue weighted by Gasteiger charge is -2.11. The van der Waals surface area contributed by atoms with E-state index in [4.69, 9.17) is 11.6 Å². The molecule has 0 atom stereocenters. The van der Waals surface area contributed by atoms with E-state index in [-0.39, 0.29) is 12.3 Å². The van der Waals surface area contributed by atoms with Gasteiger partial charge in [-0.3, -0.25) is 9.48 Å². The van der Waals surface area contributed by atoms with Crippen LogP contribution < -0.4 is 5.32 Å². The summed E-state index contributed by atoms with van der Waals surface area (Å²) < 4.78 is 1.82. The maximum absolute atomic E-state index is 12.6. The Morgan fingerprint density at radius 3 is 2.75 bits per heavy atom. The van der Waals surface area contributed by atoms with Gasteiger partial charge in [0.25, 0.3) is 0 Å². The monoisotopic (exact) mass is 408 g/mol. The number of para-hydroxylation sites is 1. The molecule has 0 spiro atoms. The van der Waals surface area contributed by atoms with Crippen molar-refractivity contribution in [3.63, 3.8) is 0 Å². The van der Waals surface area contributed by atoms with Crippen molar-refractivity contribution in [2.75, 3.05) is 5.32 Å². The molecule has 0 radical (unpaired) electrons. The molecule has 2 heterocycles. The fourth-order valence-electron chi connectivity index (χ4n) is 2.85. The molecule has 4 rings (SSSR count). The van der Waals surface area contributed by atoms with Crippen molar-refractivity contribution < 1.29 is 4.79 Å². The Balaban J connectivity index is 1.45. The molecular weight excluding hydrogens is 392 g/mol. The highest BCUT2D eigenvalue weighted by molar-refractivity contribution is 7.13. The molecular formula is C21H17ClN4OS. The molecule has 28 heavy (non-hydrogen) atoms. The molecule has 0 aliphatic rings. The molecule has 0 aliphatic carbocycles. The van der Waals surface area contributed by atoms with Gasteiger partial charge in [0, 0.05) is 29.0 Å². The van der Waals surface area contributed by atoms with Gasteiger partial charge in [0.1, 0.15) is 5.01 Å². The molecule has 4 aromatic rings. The average molecular weight is 409 g/mol. The predicted molar refractivity (Wildman–Crippen MR) is 113 cm³/mol. The molecule has 1 N–H and O–H groups in total.